The Hall–Kier alpha value is -1.92. The smallest absolute Gasteiger partial charge is 0.279 e. The summed E-state index contributed by atoms with van der Waals surface area (Å²) in [6.07, 6.45) is 6.62. The van der Waals surface area contributed by atoms with Crippen LogP contribution in [0.15, 0.2) is 18.2 Å². The summed E-state index contributed by atoms with van der Waals surface area (Å²) in [5.41, 5.74) is 3.25. The molecule has 2 amide bonds. The van der Waals surface area contributed by atoms with E-state index in [1.54, 1.807) is 0 Å². The molecule has 4 rings (SSSR count). The first kappa shape index (κ1) is 22.3. The Labute approximate surface area is 187 Å². The van der Waals surface area contributed by atoms with Crippen LogP contribution in [-0.2, 0) is 9.59 Å². The minimum absolute atomic E-state index is 0.0820. The topological polar surface area (TPSA) is 58.3 Å². The molecule has 0 aromatic heterocycles. The minimum atomic E-state index is 0.0820. The molecule has 1 aromatic rings. The van der Waals surface area contributed by atoms with Gasteiger partial charge in [0.05, 0.1) is 0 Å². The van der Waals surface area contributed by atoms with E-state index in [0.29, 0.717) is 19.0 Å². The van der Waals surface area contributed by atoms with Gasteiger partial charge in [-0.15, -0.1) is 0 Å². The monoisotopic (exact) mass is 428 g/mol. The highest BCUT2D eigenvalue weighted by atomic mass is 16.2. The number of hydrogen-bond acceptors (Lipinski definition) is 2. The lowest BCUT2D eigenvalue weighted by Crippen LogP contribution is -3.28. The van der Waals surface area contributed by atoms with Crippen molar-refractivity contribution in [1.29, 1.82) is 0 Å². The highest BCUT2D eigenvalue weighted by molar-refractivity contribution is 5.92. The summed E-state index contributed by atoms with van der Waals surface area (Å²) in [5.74, 6) is 2.04. The predicted octanol–water partition coefficient (Wildman–Crippen LogP) is 0.0640. The van der Waals surface area contributed by atoms with Crippen LogP contribution in [0.25, 0.3) is 0 Å². The number of benzene rings is 1. The van der Waals surface area contributed by atoms with E-state index in [0.717, 1.165) is 62.4 Å². The standard InChI is InChI=1S/C25H38N4O2/c1-19-6-5-9-23(20(19)2)26-24(30)17-27-12-14-28(15-13-27)18-25(31)29-11-10-21-7-3-4-8-22(21)16-29/h5-6,9,21-22H,3-4,7-8,10-18H2,1-2H3,(H,26,30)/p+2/t21-,22-/m1/s1. The second-order valence-electron chi connectivity index (χ2n) is 10.1. The van der Waals surface area contributed by atoms with Crippen LogP contribution in [0.3, 0.4) is 0 Å². The largest absolute Gasteiger partial charge is 0.338 e. The zero-order valence-electron chi connectivity index (χ0n) is 19.3. The van der Waals surface area contributed by atoms with Gasteiger partial charge in [0.1, 0.15) is 26.2 Å². The number of likely N-dealkylation sites (tertiary alicyclic amines) is 1. The number of rotatable bonds is 5. The van der Waals surface area contributed by atoms with Gasteiger partial charge in [-0.2, -0.15) is 0 Å². The zero-order chi connectivity index (χ0) is 21.8. The van der Waals surface area contributed by atoms with Gasteiger partial charge in [0, 0.05) is 18.8 Å². The summed E-state index contributed by atoms with van der Waals surface area (Å²) < 4.78 is 0. The molecule has 1 saturated carbocycles. The Morgan fingerprint density at radius 3 is 2.39 bits per heavy atom. The van der Waals surface area contributed by atoms with Crippen molar-refractivity contribution in [3.05, 3.63) is 29.3 Å². The fourth-order valence-electron chi connectivity index (χ4n) is 5.77. The summed E-state index contributed by atoms with van der Waals surface area (Å²) in [5, 5.41) is 3.08. The molecule has 2 atom stereocenters. The molecule has 170 valence electrons. The molecule has 2 heterocycles. The first-order valence-electron chi connectivity index (χ1n) is 12.3. The van der Waals surface area contributed by atoms with E-state index < -0.39 is 0 Å². The summed E-state index contributed by atoms with van der Waals surface area (Å²) in [4.78, 5) is 30.3. The maximum Gasteiger partial charge on any atom is 0.279 e. The Morgan fingerprint density at radius 1 is 0.968 bits per heavy atom. The van der Waals surface area contributed by atoms with E-state index in [-0.39, 0.29) is 5.91 Å². The van der Waals surface area contributed by atoms with Crippen LogP contribution in [0, 0.1) is 25.7 Å². The van der Waals surface area contributed by atoms with Gasteiger partial charge in [0.15, 0.2) is 13.1 Å². The number of amides is 2. The third-order valence-electron chi connectivity index (χ3n) is 8.00. The molecule has 0 spiro atoms. The number of fused-ring (bicyclic) bond motifs is 1. The molecule has 2 saturated heterocycles. The molecule has 31 heavy (non-hydrogen) atoms. The van der Waals surface area contributed by atoms with Gasteiger partial charge in [-0.05, 0) is 55.7 Å². The number of nitrogens with one attached hydrogen (secondary N) is 3. The average Bonchev–Trinajstić information content (AvgIpc) is 2.78. The quantitative estimate of drug-likeness (QED) is 0.622. The number of carbonyl (C=O) groups excluding carboxylic acids is 2. The fourth-order valence-corrected chi connectivity index (χ4v) is 5.77. The molecule has 0 bridgehead atoms. The molecule has 2 aliphatic heterocycles. The summed E-state index contributed by atoms with van der Waals surface area (Å²) in [6.45, 7) is 11.0. The SMILES string of the molecule is Cc1cccc(NC(=O)C[NH+]2CC[NH+](CC(=O)N3CC[C@H]4CCCC[C@@H]4C3)CC2)c1C. The van der Waals surface area contributed by atoms with E-state index in [1.807, 2.05) is 19.1 Å². The molecular formula is C25H40N4O2+2. The molecule has 1 aromatic carbocycles. The Kier molecular flexibility index (Phi) is 7.28. The minimum Gasteiger partial charge on any atom is -0.338 e. The summed E-state index contributed by atoms with van der Waals surface area (Å²) in [7, 11) is 0. The number of anilines is 1. The maximum atomic E-state index is 12.9. The van der Waals surface area contributed by atoms with Gasteiger partial charge in [0.25, 0.3) is 11.8 Å². The zero-order valence-corrected chi connectivity index (χ0v) is 19.3. The Balaban J connectivity index is 1.18. The molecule has 1 aliphatic carbocycles. The van der Waals surface area contributed by atoms with Gasteiger partial charge >= 0.3 is 0 Å². The Bertz CT molecular complexity index is 788. The maximum absolute atomic E-state index is 12.9. The normalized spacial score (nSPS) is 28.6. The van der Waals surface area contributed by atoms with Crippen LogP contribution in [0.1, 0.15) is 43.2 Å². The third kappa shape index (κ3) is 5.66. The lowest BCUT2D eigenvalue weighted by Gasteiger charge is -2.41. The molecule has 6 nitrogen and oxygen atoms in total. The van der Waals surface area contributed by atoms with Crippen molar-refractivity contribution in [2.75, 3.05) is 57.7 Å². The van der Waals surface area contributed by atoms with Crippen LogP contribution in [-0.4, -0.2) is 69.1 Å². The van der Waals surface area contributed by atoms with Crippen molar-refractivity contribution < 1.29 is 19.4 Å². The second-order valence-corrected chi connectivity index (χ2v) is 10.1. The third-order valence-corrected chi connectivity index (χ3v) is 8.00. The molecule has 0 radical (unpaired) electrons. The molecular weight excluding hydrogens is 388 g/mol. The molecule has 3 N–H and O–H groups in total. The number of quaternary nitrogens is 2. The van der Waals surface area contributed by atoms with Crippen LogP contribution in [0.4, 0.5) is 5.69 Å². The van der Waals surface area contributed by atoms with Crippen molar-refractivity contribution >= 4 is 17.5 Å². The van der Waals surface area contributed by atoms with Gasteiger partial charge in [0.2, 0.25) is 0 Å². The lowest BCUT2D eigenvalue weighted by atomic mass is 9.75. The Morgan fingerprint density at radius 2 is 1.65 bits per heavy atom. The molecule has 3 aliphatic rings. The molecule has 6 heteroatoms. The van der Waals surface area contributed by atoms with Crippen LogP contribution >= 0.6 is 0 Å². The first-order valence-corrected chi connectivity index (χ1v) is 12.3. The first-order chi connectivity index (χ1) is 15.0. The van der Waals surface area contributed by atoms with Crippen molar-refractivity contribution in [2.24, 2.45) is 11.8 Å². The van der Waals surface area contributed by atoms with Crippen LogP contribution in [0.2, 0.25) is 0 Å². The van der Waals surface area contributed by atoms with Crippen molar-refractivity contribution in [3.8, 4) is 0 Å². The number of aryl methyl sites for hydroxylation is 1. The molecule has 3 fully saturated rings. The number of piperidine rings is 1. The number of piperazine rings is 1. The highest BCUT2D eigenvalue weighted by Gasteiger charge is 2.34. The van der Waals surface area contributed by atoms with Crippen LogP contribution < -0.4 is 15.1 Å². The highest BCUT2D eigenvalue weighted by Crippen LogP contribution is 2.35. The van der Waals surface area contributed by atoms with Crippen molar-refractivity contribution in [2.45, 2.75) is 46.0 Å². The predicted molar refractivity (Wildman–Crippen MR) is 122 cm³/mol. The van der Waals surface area contributed by atoms with E-state index in [2.05, 4.69) is 23.2 Å². The van der Waals surface area contributed by atoms with E-state index in [4.69, 9.17) is 0 Å². The summed E-state index contributed by atoms with van der Waals surface area (Å²) in [6, 6.07) is 6.02. The van der Waals surface area contributed by atoms with Gasteiger partial charge in [-0.3, -0.25) is 9.59 Å². The van der Waals surface area contributed by atoms with Crippen molar-refractivity contribution in [3.63, 3.8) is 0 Å². The fraction of sp³-hybridized carbons (Fsp3) is 0.680. The van der Waals surface area contributed by atoms with Gasteiger partial charge in [-0.1, -0.05) is 31.4 Å². The average molecular weight is 429 g/mol. The van der Waals surface area contributed by atoms with Gasteiger partial charge in [-0.25, -0.2) is 0 Å². The number of carbonyl (C=O) groups is 2. The van der Waals surface area contributed by atoms with E-state index >= 15 is 0 Å². The van der Waals surface area contributed by atoms with E-state index in [1.165, 1.54) is 47.5 Å². The second kappa shape index (κ2) is 10.1. The number of nitrogens with zero attached hydrogens (tertiary/aromatic N) is 1. The van der Waals surface area contributed by atoms with Crippen LogP contribution in [0.5, 0.6) is 0 Å². The van der Waals surface area contributed by atoms with Crippen molar-refractivity contribution in [1.82, 2.24) is 4.90 Å². The molecule has 0 unspecified atom stereocenters. The summed E-state index contributed by atoms with van der Waals surface area (Å²) >= 11 is 0. The van der Waals surface area contributed by atoms with E-state index in [9.17, 15) is 9.59 Å². The lowest BCUT2D eigenvalue weighted by molar-refractivity contribution is -1.00. The number of hydrogen-bond donors (Lipinski definition) is 3. The van der Waals surface area contributed by atoms with Gasteiger partial charge < -0.3 is 20.0 Å².